The van der Waals surface area contributed by atoms with Gasteiger partial charge in [0.25, 0.3) is 0 Å². The molecular formula is C10H10F4N2O. The summed E-state index contributed by atoms with van der Waals surface area (Å²) in [5.41, 5.74) is 3.58. The van der Waals surface area contributed by atoms with Crippen LogP contribution in [0.5, 0.6) is 0 Å². The third-order valence-electron chi connectivity index (χ3n) is 1.98. The number of nitrogens with two attached hydrogens (primary N) is 1. The van der Waals surface area contributed by atoms with Crippen molar-refractivity contribution in [1.29, 1.82) is 0 Å². The van der Waals surface area contributed by atoms with Crippen LogP contribution in [0.25, 0.3) is 0 Å². The third-order valence-corrected chi connectivity index (χ3v) is 1.98. The molecule has 0 aliphatic carbocycles. The van der Waals surface area contributed by atoms with E-state index in [0.717, 1.165) is 6.07 Å². The monoisotopic (exact) mass is 250 g/mol. The van der Waals surface area contributed by atoms with Gasteiger partial charge in [-0.15, -0.1) is 0 Å². The van der Waals surface area contributed by atoms with Crippen LogP contribution in [-0.4, -0.2) is 12.5 Å². The molecule has 0 radical (unpaired) electrons. The van der Waals surface area contributed by atoms with Gasteiger partial charge in [-0.25, -0.2) is 4.39 Å². The van der Waals surface area contributed by atoms with E-state index in [1.54, 1.807) is 0 Å². The smallest absolute Gasteiger partial charge is 0.382 e. The highest BCUT2D eigenvalue weighted by Crippen LogP contribution is 2.31. The van der Waals surface area contributed by atoms with Crippen molar-refractivity contribution in [2.45, 2.75) is 12.6 Å². The van der Waals surface area contributed by atoms with Gasteiger partial charge in [0.2, 0.25) is 5.91 Å². The molecule has 0 unspecified atom stereocenters. The van der Waals surface area contributed by atoms with Gasteiger partial charge in [0.05, 0.1) is 11.3 Å². The maximum atomic E-state index is 13.1. The van der Waals surface area contributed by atoms with Crippen LogP contribution in [0.1, 0.15) is 12.0 Å². The van der Waals surface area contributed by atoms with Crippen LogP contribution in [0.2, 0.25) is 0 Å². The Morgan fingerprint density at radius 3 is 2.53 bits per heavy atom. The summed E-state index contributed by atoms with van der Waals surface area (Å²) in [4.78, 5) is 10.4. The molecule has 17 heavy (non-hydrogen) atoms. The molecule has 1 amide bonds. The first kappa shape index (κ1) is 13.3. The lowest BCUT2D eigenvalue weighted by Gasteiger charge is -2.11. The normalized spacial score (nSPS) is 11.3. The minimum atomic E-state index is -4.53. The molecule has 0 saturated heterocycles. The minimum Gasteiger partial charge on any atom is -0.382 e. The summed E-state index contributed by atoms with van der Waals surface area (Å²) in [6.45, 7) is -0.0203. The van der Waals surface area contributed by atoms with E-state index in [4.69, 9.17) is 5.73 Å². The highest BCUT2D eigenvalue weighted by atomic mass is 19.4. The summed E-state index contributed by atoms with van der Waals surface area (Å²) in [5.74, 6) is -1.44. The highest BCUT2D eigenvalue weighted by molar-refractivity contribution is 5.74. The predicted octanol–water partition coefficient (Wildman–Crippen LogP) is 2.13. The maximum absolute atomic E-state index is 13.1. The first-order valence-corrected chi connectivity index (χ1v) is 4.69. The molecule has 1 aromatic rings. The molecule has 0 aromatic heterocycles. The van der Waals surface area contributed by atoms with Crippen LogP contribution in [-0.2, 0) is 11.0 Å². The van der Waals surface area contributed by atoms with E-state index in [0.29, 0.717) is 12.1 Å². The van der Waals surface area contributed by atoms with Gasteiger partial charge in [-0.3, -0.25) is 4.79 Å². The summed E-state index contributed by atoms with van der Waals surface area (Å²) < 4.78 is 50.1. The first-order valence-electron chi connectivity index (χ1n) is 4.69. The van der Waals surface area contributed by atoms with E-state index in [9.17, 15) is 22.4 Å². The lowest BCUT2D eigenvalue weighted by Crippen LogP contribution is -2.16. The number of rotatable bonds is 4. The number of primary amides is 1. The van der Waals surface area contributed by atoms with Crippen molar-refractivity contribution < 1.29 is 22.4 Å². The zero-order valence-electron chi connectivity index (χ0n) is 8.64. The predicted molar refractivity (Wildman–Crippen MR) is 53.7 cm³/mol. The molecule has 0 aliphatic rings. The summed E-state index contributed by atoms with van der Waals surface area (Å²) in [7, 11) is 0. The fourth-order valence-electron chi connectivity index (χ4n) is 1.16. The number of carbonyl (C=O) groups excluding carboxylic acids is 1. The quantitative estimate of drug-likeness (QED) is 0.804. The van der Waals surface area contributed by atoms with Crippen LogP contribution in [0.3, 0.4) is 0 Å². The Labute approximate surface area is 94.6 Å². The van der Waals surface area contributed by atoms with E-state index < -0.39 is 23.5 Å². The third kappa shape index (κ3) is 3.93. The van der Waals surface area contributed by atoms with E-state index in [2.05, 4.69) is 5.32 Å². The van der Waals surface area contributed by atoms with Crippen LogP contribution >= 0.6 is 0 Å². The highest BCUT2D eigenvalue weighted by Gasteiger charge is 2.31. The SMILES string of the molecule is NC(=O)CCNc1cc(C(F)(F)F)ccc1F. The topological polar surface area (TPSA) is 55.1 Å². The number of anilines is 1. The van der Waals surface area contributed by atoms with Gasteiger partial charge in [-0.2, -0.15) is 13.2 Å². The van der Waals surface area contributed by atoms with E-state index in [-0.39, 0.29) is 18.7 Å². The lowest BCUT2D eigenvalue weighted by molar-refractivity contribution is -0.137. The van der Waals surface area contributed by atoms with Crippen LogP contribution in [0, 0.1) is 5.82 Å². The summed E-state index contributed by atoms with van der Waals surface area (Å²) in [6, 6.07) is 2.01. The summed E-state index contributed by atoms with van der Waals surface area (Å²) in [5, 5.41) is 2.38. The van der Waals surface area contributed by atoms with Gasteiger partial charge in [-0.1, -0.05) is 0 Å². The molecule has 1 aromatic carbocycles. The lowest BCUT2D eigenvalue weighted by atomic mass is 10.2. The van der Waals surface area contributed by atoms with Gasteiger partial charge in [0, 0.05) is 13.0 Å². The Morgan fingerprint density at radius 1 is 1.35 bits per heavy atom. The van der Waals surface area contributed by atoms with Crippen molar-refractivity contribution >= 4 is 11.6 Å². The molecule has 7 heteroatoms. The Morgan fingerprint density at radius 2 is 2.00 bits per heavy atom. The standard InChI is InChI=1S/C10H10F4N2O/c11-7-2-1-6(10(12,13)14)5-8(7)16-4-3-9(15)17/h1-2,5,16H,3-4H2,(H2,15,17). The van der Waals surface area contributed by atoms with Gasteiger partial charge in [0.15, 0.2) is 0 Å². The second kappa shape index (κ2) is 5.03. The van der Waals surface area contributed by atoms with Crippen molar-refractivity contribution in [2.75, 3.05) is 11.9 Å². The molecule has 0 aliphatic heterocycles. The molecule has 3 N–H and O–H groups in total. The molecule has 1 rings (SSSR count). The van der Waals surface area contributed by atoms with E-state index in [1.165, 1.54) is 0 Å². The number of hydrogen-bond acceptors (Lipinski definition) is 2. The molecule has 0 bridgehead atoms. The maximum Gasteiger partial charge on any atom is 0.416 e. The fourth-order valence-corrected chi connectivity index (χ4v) is 1.16. The van der Waals surface area contributed by atoms with Crippen LogP contribution in [0.4, 0.5) is 23.2 Å². The number of carbonyl (C=O) groups is 1. The molecule has 0 saturated carbocycles. The Hall–Kier alpha value is -1.79. The number of nitrogens with one attached hydrogen (secondary N) is 1. The minimum absolute atomic E-state index is 0.0203. The molecule has 94 valence electrons. The van der Waals surface area contributed by atoms with E-state index in [1.807, 2.05) is 0 Å². The molecule has 0 heterocycles. The number of alkyl halides is 3. The molecule has 0 atom stereocenters. The van der Waals surface area contributed by atoms with Gasteiger partial charge >= 0.3 is 6.18 Å². The summed E-state index contributed by atoms with van der Waals surface area (Å²) in [6.07, 6.45) is -4.62. The van der Waals surface area contributed by atoms with Crippen molar-refractivity contribution in [3.05, 3.63) is 29.6 Å². The van der Waals surface area contributed by atoms with Crippen LogP contribution in [0.15, 0.2) is 18.2 Å². The van der Waals surface area contributed by atoms with Gasteiger partial charge in [-0.05, 0) is 18.2 Å². The van der Waals surface area contributed by atoms with Gasteiger partial charge < -0.3 is 11.1 Å². The zero-order chi connectivity index (χ0) is 13.1. The average molecular weight is 250 g/mol. The largest absolute Gasteiger partial charge is 0.416 e. The van der Waals surface area contributed by atoms with E-state index >= 15 is 0 Å². The second-order valence-corrected chi connectivity index (χ2v) is 3.34. The number of amides is 1. The first-order chi connectivity index (χ1) is 7.80. The molecule has 0 fully saturated rings. The molecular weight excluding hydrogens is 240 g/mol. The van der Waals surface area contributed by atoms with Crippen molar-refractivity contribution in [3.8, 4) is 0 Å². The Bertz CT molecular complexity index is 417. The van der Waals surface area contributed by atoms with Crippen molar-refractivity contribution in [1.82, 2.24) is 0 Å². The fraction of sp³-hybridized carbons (Fsp3) is 0.300. The molecule has 0 spiro atoms. The molecule has 3 nitrogen and oxygen atoms in total. The number of benzene rings is 1. The van der Waals surface area contributed by atoms with Crippen molar-refractivity contribution in [2.24, 2.45) is 5.73 Å². The van der Waals surface area contributed by atoms with Crippen molar-refractivity contribution in [3.63, 3.8) is 0 Å². The van der Waals surface area contributed by atoms with Crippen LogP contribution < -0.4 is 11.1 Å². The Balaban J connectivity index is 2.80. The summed E-state index contributed by atoms with van der Waals surface area (Å²) >= 11 is 0. The average Bonchev–Trinajstić information content (AvgIpc) is 2.18. The number of halogens is 4. The second-order valence-electron chi connectivity index (χ2n) is 3.34. The Kier molecular flexibility index (Phi) is 3.93. The number of hydrogen-bond donors (Lipinski definition) is 2. The zero-order valence-corrected chi connectivity index (χ0v) is 8.64. The van der Waals surface area contributed by atoms with Gasteiger partial charge in [0.1, 0.15) is 5.82 Å².